The lowest BCUT2D eigenvalue weighted by Gasteiger charge is -2.22. The Bertz CT molecular complexity index is 1400. The first-order valence-electron chi connectivity index (χ1n) is 12.9. The molecule has 36 heavy (non-hydrogen) atoms. The summed E-state index contributed by atoms with van der Waals surface area (Å²) in [5.74, 6) is 0.887. The minimum Gasteiger partial charge on any atom is -0.497 e. The van der Waals surface area contributed by atoms with Crippen molar-refractivity contribution in [2.24, 2.45) is 14.1 Å². The van der Waals surface area contributed by atoms with Crippen LogP contribution in [0, 0.1) is 0 Å². The number of benzene rings is 3. The number of aryl methyl sites for hydroxylation is 2. The second-order valence-electron chi connectivity index (χ2n) is 8.76. The molecule has 0 aliphatic carbocycles. The van der Waals surface area contributed by atoms with Crippen molar-refractivity contribution in [2.75, 3.05) is 7.11 Å². The number of ether oxygens (including phenoxy) is 1. The normalized spacial score (nSPS) is 11.0. The van der Waals surface area contributed by atoms with Crippen LogP contribution < -0.4 is 10.1 Å². The molecule has 0 aliphatic rings. The first kappa shape index (κ1) is 27.3. The number of hydrogen-bond acceptors (Lipinski definition) is 2. The van der Waals surface area contributed by atoms with E-state index in [1.807, 2.05) is 38.1 Å². The SMILES string of the molecule is CC.CC[Si](O)(CC)c1cc2ccccc2n1C.COc1ccc(-c2cc3ccccc3n2C)cc1. The van der Waals surface area contributed by atoms with E-state index in [0.29, 0.717) is 0 Å². The van der Waals surface area contributed by atoms with Crippen LogP contribution in [0.3, 0.4) is 0 Å². The monoisotopic (exact) mass is 500 g/mol. The van der Waals surface area contributed by atoms with Crippen molar-refractivity contribution in [3.63, 3.8) is 0 Å². The predicted octanol–water partition coefficient (Wildman–Crippen LogP) is 7.24. The number of aromatic nitrogens is 2. The van der Waals surface area contributed by atoms with Crippen LogP contribution in [0.5, 0.6) is 5.75 Å². The highest BCUT2D eigenvalue weighted by molar-refractivity contribution is 6.85. The van der Waals surface area contributed by atoms with Crippen LogP contribution >= 0.6 is 0 Å². The second-order valence-corrected chi connectivity index (χ2v) is 12.8. The standard InChI is InChI=1S/C16H15NO.C13H19NOSi.C2H6/c1-17-15-6-4-3-5-13(15)11-16(17)12-7-9-14(18-2)10-8-12;1-4-16(15,5-2)13-10-11-8-6-7-9-12(11)14(13)3;1-2/h3-11H,1-2H3;6-10,15H,4-5H2,1-3H3;1-2H3. The second kappa shape index (κ2) is 12.1. The van der Waals surface area contributed by atoms with Gasteiger partial charge in [0.15, 0.2) is 0 Å². The summed E-state index contributed by atoms with van der Waals surface area (Å²) in [5.41, 5.74) is 4.89. The van der Waals surface area contributed by atoms with Gasteiger partial charge in [0.25, 0.3) is 0 Å². The van der Waals surface area contributed by atoms with Gasteiger partial charge in [-0.2, -0.15) is 0 Å². The molecule has 2 aromatic heterocycles. The Labute approximate surface area is 216 Å². The van der Waals surface area contributed by atoms with Gasteiger partial charge in [-0.1, -0.05) is 64.1 Å². The fraction of sp³-hybridized carbons (Fsp3) is 0.290. The number of nitrogens with zero attached hydrogens (tertiary/aromatic N) is 2. The lowest BCUT2D eigenvalue weighted by Crippen LogP contribution is -2.49. The molecule has 0 saturated heterocycles. The van der Waals surface area contributed by atoms with Crippen molar-refractivity contribution >= 4 is 35.4 Å². The van der Waals surface area contributed by atoms with Crippen LogP contribution in [0.2, 0.25) is 12.1 Å². The number of hydrogen-bond donors (Lipinski definition) is 1. The molecule has 5 aromatic rings. The molecule has 5 rings (SSSR count). The van der Waals surface area contributed by atoms with Gasteiger partial charge in [-0.25, -0.2) is 0 Å². The lowest BCUT2D eigenvalue weighted by atomic mass is 10.1. The van der Waals surface area contributed by atoms with E-state index in [2.05, 4.69) is 97.7 Å². The summed E-state index contributed by atoms with van der Waals surface area (Å²) >= 11 is 0. The molecule has 2 heterocycles. The zero-order valence-electron chi connectivity index (χ0n) is 22.7. The van der Waals surface area contributed by atoms with E-state index in [4.69, 9.17) is 4.74 Å². The van der Waals surface area contributed by atoms with Gasteiger partial charge in [0.2, 0.25) is 8.32 Å². The summed E-state index contributed by atoms with van der Waals surface area (Å²) in [6.07, 6.45) is 0. The molecule has 0 spiro atoms. The summed E-state index contributed by atoms with van der Waals surface area (Å²) in [6, 6.07) is 31.0. The van der Waals surface area contributed by atoms with Gasteiger partial charge in [-0.05, 0) is 71.6 Å². The van der Waals surface area contributed by atoms with Crippen LogP contribution in [-0.4, -0.2) is 29.4 Å². The highest BCUT2D eigenvalue weighted by atomic mass is 28.4. The van der Waals surface area contributed by atoms with Crippen LogP contribution in [0.1, 0.15) is 27.7 Å². The zero-order valence-corrected chi connectivity index (χ0v) is 23.7. The van der Waals surface area contributed by atoms with E-state index >= 15 is 0 Å². The quantitative estimate of drug-likeness (QED) is 0.258. The van der Waals surface area contributed by atoms with Gasteiger partial charge >= 0.3 is 0 Å². The minimum absolute atomic E-state index is 0.883. The molecule has 0 bridgehead atoms. The molecule has 5 heteroatoms. The third-order valence-corrected chi connectivity index (χ3v) is 10.7. The number of fused-ring (bicyclic) bond motifs is 2. The fourth-order valence-corrected chi connectivity index (χ4v) is 7.07. The fourth-order valence-electron chi connectivity index (χ4n) is 4.68. The van der Waals surface area contributed by atoms with Crippen molar-refractivity contribution in [3.05, 3.63) is 84.9 Å². The van der Waals surface area contributed by atoms with E-state index in [1.54, 1.807) is 7.11 Å². The van der Waals surface area contributed by atoms with Gasteiger partial charge in [0.05, 0.1) is 7.11 Å². The molecule has 3 aromatic carbocycles. The zero-order chi connectivity index (χ0) is 26.3. The Hall–Kier alpha value is -3.28. The minimum atomic E-state index is -2.24. The van der Waals surface area contributed by atoms with Crippen molar-refractivity contribution in [2.45, 2.75) is 39.8 Å². The molecule has 0 amide bonds. The highest BCUT2D eigenvalue weighted by Gasteiger charge is 2.32. The molecular formula is C31H40N2O2Si. The van der Waals surface area contributed by atoms with Gasteiger partial charge < -0.3 is 18.7 Å². The number of rotatable bonds is 5. The molecular weight excluding hydrogens is 460 g/mol. The molecule has 0 aliphatic heterocycles. The molecule has 0 atom stereocenters. The average Bonchev–Trinajstić information content (AvgIpc) is 3.47. The Morgan fingerprint density at radius 1 is 0.722 bits per heavy atom. The van der Waals surface area contributed by atoms with Crippen molar-refractivity contribution in [1.82, 2.24) is 9.13 Å². The van der Waals surface area contributed by atoms with Crippen LogP contribution in [0.25, 0.3) is 33.1 Å². The maximum absolute atomic E-state index is 10.7. The first-order valence-corrected chi connectivity index (χ1v) is 15.2. The first-order chi connectivity index (χ1) is 17.4. The maximum Gasteiger partial charge on any atom is 0.236 e. The van der Waals surface area contributed by atoms with Crippen molar-refractivity contribution in [1.29, 1.82) is 0 Å². The van der Waals surface area contributed by atoms with E-state index in [0.717, 1.165) is 23.2 Å². The predicted molar refractivity (Wildman–Crippen MR) is 158 cm³/mol. The molecule has 190 valence electrons. The third kappa shape index (κ3) is 5.42. The number of methoxy groups -OCH3 is 1. The Morgan fingerprint density at radius 3 is 1.69 bits per heavy atom. The largest absolute Gasteiger partial charge is 0.497 e. The molecule has 1 N–H and O–H groups in total. The van der Waals surface area contributed by atoms with Gasteiger partial charge in [-0.3, -0.25) is 0 Å². The Morgan fingerprint density at radius 2 is 1.22 bits per heavy atom. The summed E-state index contributed by atoms with van der Waals surface area (Å²) in [4.78, 5) is 10.7. The Balaban J connectivity index is 0.000000189. The summed E-state index contributed by atoms with van der Waals surface area (Å²) in [5, 5.41) is 3.65. The van der Waals surface area contributed by atoms with Crippen LogP contribution in [-0.2, 0) is 14.1 Å². The van der Waals surface area contributed by atoms with Crippen molar-refractivity contribution < 1.29 is 9.53 Å². The summed E-state index contributed by atoms with van der Waals surface area (Å²) < 4.78 is 9.57. The van der Waals surface area contributed by atoms with E-state index in [-0.39, 0.29) is 0 Å². The van der Waals surface area contributed by atoms with Crippen LogP contribution in [0.4, 0.5) is 0 Å². The smallest absolute Gasteiger partial charge is 0.236 e. The molecule has 0 unspecified atom stereocenters. The molecule has 0 saturated carbocycles. The Kier molecular flexibility index (Phi) is 9.18. The van der Waals surface area contributed by atoms with Crippen molar-refractivity contribution in [3.8, 4) is 17.0 Å². The van der Waals surface area contributed by atoms with E-state index in [9.17, 15) is 4.80 Å². The molecule has 4 nitrogen and oxygen atoms in total. The third-order valence-electron chi connectivity index (χ3n) is 6.94. The lowest BCUT2D eigenvalue weighted by molar-refractivity contribution is 0.415. The highest BCUT2D eigenvalue weighted by Crippen LogP contribution is 2.28. The van der Waals surface area contributed by atoms with E-state index < -0.39 is 8.32 Å². The average molecular weight is 501 g/mol. The number of para-hydroxylation sites is 2. The summed E-state index contributed by atoms with van der Waals surface area (Å²) in [6.45, 7) is 8.18. The van der Waals surface area contributed by atoms with Gasteiger partial charge in [-0.15, -0.1) is 0 Å². The van der Waals surface area contributed by atoms with Gasteiger partial charge in [0.1, 0.15) is 5.75 Å². The molecule has 0 radical (unpaired) electrons. The topological polar surface area (TPSA) is 39.3 Å². The molecule has 0 fully saturated rings. The van der Waals surface area contributed by atoms with Crippen LogP contribution in [0.15, 0.2) is 84.9 Å². The van der Waals surface area contributed by atoms with E-state index in [1.165, 1.54) is 33.1 Å². The van der Waals surface area contributed by atoms with Gasteiger partial charge in [0, 0.05) is 41.5 Å². The maximum atomic E-state index is 10.7. The summed E-state index contributed by atoms with van der Waals surface area (Å²) in [7, 11) is 3.60.